The van der Waals surface area contributed by atoms with Crippen LogP contribution in [-0.2, 0) is 10.0 Å². The number of Topliss-reactive ketones (excluding diaryl/α,β-unsaturated/α-hetero) is 1. The average Bonchev–Trinajstić information content (AvgIpc) is 3.32. The fraction of sp³-hybridized carbons (Fsp3) is 0.318. The predicted octanol–water partition coefficient (Wildman–Crippen LogP) is 4.14. The largest absolute Gasteiger partial charge is 0.318 e. The minimum Gasteiger partial charge on any atom is -0.318 e. The Morgan fingerprint density at radius 3 is 2.31 bits per heavy atom. The van der Waals surface area contributed by atoms with Gasteiger partial charge in [0.05, 0.1) is 10.9 Å². The fourth-order valence-corrected chi connectivity index (χ4v) is 7.07. The molecule has 0 atom stereocenters. The molecule has 2 aromatic heterocycles. The summed E-state index contributed by atoms with van der Waals surface area (Å²) in [6.45, 7) is 5.58. The topological polar surface area (TPSA) is 62.6 Å². The monoisotopic (exact) mass is 495 g/mol. The lowest BCUT2D eigenvalue weighted by molar-refractivity contribution is 0.0901. The second-order valence-electron chi connectivity index (χ2n) is 7.76. The normalized spacial score (nSPS) is 15.9. The van der Waals surface area contributed by atoms with Crippen molar-refractivity contribution in [3.63, 3.8) is 0 Å². The molecule has 1 saturated heterocycles. The number of carbonyl (C=O) groups excluding carboxylic acids is 1. The van der Waals surface area contributed by atoms with E-state index in [4.69, 9.17) is 11.6 Å². The Balaban J connectivity index is 1.42. The van der Waals surface area contributed by atoms with Gasteiger partial charge >= 0.3 is 0 Å². The highest BCUT2D eigenvalue weighted by molar-refractivity contribution is 7.91. The second kappa shape index (κ2) is 9.07. The number of rotatable bonds is 6. The molecular formula is C22H23ClFN3O3S2. The van der Waals surface area contributed by atoms with Crippen molar-refractivity contribution in [3.8, 4) is 5.69 Å². The van der Waals surface area contributed by atoms with Crippen LogP contribution in [0.3, 0.4) is 0 Å². The van der Waals surface area contributed by atoms with Crippen LogP contribution < -0.4 is 0 Å². The van der Waals surface area contributed by atoms with Gasteiger partial charge in [-0.1, -0.05) is 11.6 Å². The van der Waals surface area contributed by atoms with Gasteiger partial charge in [-0.15, -0.1) is 11.3 Å². The average molecular weight is 496 g/mol. The number of aryl methyl sites for hydroxylation is 1. The fourth-order valence-electron chi connectivity index (χ4n) is 4.01. The number of sulfonamides is 1. The molecule has 32 heavy (non-hydrogen) atoms. The lowest BCUT2D eigenvalue weighted by Gasteiger charge is -2.33. The van der Waals surface area contributed by atoms with Gasteiger partial charge in [0, 0.05) is 48.8 Å². The van der Waals surface area contributed by atoms with Gasteiger partial charge in [-0.3, -0.25) is 9.69 Å². The van der Waals surface area contributed by atoms with Crippen LogP contribution in [0.2, 0.25) is 4.34 Å². The first kappa shape index (κ1) is 23.1. The smallest absolute Gasteiger partial charge is 0.252 e. The Kier molecular flexibility index (Phi) is 6.56. The van der Waals surface area contributed by atoms with E-state index in [1.165, 1.54) is 22.5 Å². The van der Waals surface area contributed by atoms with Gasteiger partial charge in [-0.25, -0.2) is 12.8 Å². The van der Waals surface area contributed by atoms with E-state index >= 15 is 0 Å². The first-order valence-electron chi connectivity index (χ1n) is 10.1. The molecule has 1 fully saturated rings. The van der Waals surface area contributed by atoms with E-state index in [1.54, 1.807) is 18.2 Å². The number of carbonyl (C=O) groups is 1. The van der Waals surface area contributed by atoms with E-state index in [2.05, 4.69) is 0 Å². The van der Waals surface area contributed by atoms with Crippen molar-refractivity contribution in [1.29, 1.82) is 0 Å². The lowest BCUT2D eigenvalue weighted by atomic mass is 10.1. The Hall–Kier alpha value is -2.04. The maximum absolute atomic E-state index is 13.3. The van der Waals surface area contributed by atoms with Gasteiger partial charge in [-0.2, -0.15) is 4.31 Å². The number of ketones is 1. The Morgan fingerprint density at radius 2 is 1.72 bits per heavy atom. The maximum Gasteiger partial charge on any atom is 0.252 e. The van der Waals surface area contributed by atoms with E-state index < -0.39 is 10.0 Å². The summed E-state index contributed by atoms with van der Waals surface area (Å²) in [5.74, 6) is -0.330. The highest BCUT2D eigenvalue weighted by Gasteiger charge is 2.30. The molecule has 170 valence electrons. The Bertz CT molecular complexity index is 1240. The van der Waals surface area contributed by atoms with Crippen LogP contribution in [0.4, 0.5) is 4.39 Å². The molecule has 0 unspecified atom stereocenters. The summed E-state index contributed by atoms with van der Waals surface area (Å²) in [4.78, 5) is 15.0. The van der Waals surface area contributed by atoms with Crippen LogP contribution in [0.5, 0.6) is 0 Å². The number of piperazine rings is 1. The van der Waals surface area contributed by atoms with Crippen molar-refractivity contribution < 1.29 is 17.6 Å². The summed E-state index contributed by atoms with van der Waals surface area (Å²) >= 11 is 6.93. The third kappa shape index (κ3) is 4.53. The molecule has 0 aliphatic carbocycles. The van der Waals surface area contributed by atoms with Crippen LogP contribution in [0.15, 0.2) is 46.7 Å². The minimum atomic E-state index is -3.56. The van der Waals surface area contributed by atoms with Crippen molar-refractivity contribution in [2.45, 2.75) is 18.1 Å². The van der Waals surface area contributed by atoms with Gasteiger partial charge in [0.15, 0.2) is 5.78 Å². The standard InChI is InChI=1S/C22H23ClFN3O3S2/c1-15-13-19(16(2)27(15)18-5-3-17(24)4-6-18)20(28)14-25-9-11-26(12-10-25)32(29,30)22-8-7-21(23)31-22/h3-8,13H,9-12,14H2,1-2H3. The van der Waals surface area contributed by atoms with Gasteiger partial charge in [0.25, 0.3) is 10.0 Å². The van der Waals surface area contributed by atoms with E-state index in [0.29, 0.717) is 36.1 Å². The first-order chi connectivity index (χ1) is 15.2. The molecule has 1 aromatic carbocycles. The minimum absolute atomic E-state index is 0.0205. The molecule has 6 nitrogen and oxygen atoms in total. The number of benzene rings is 1. The van der Waals surface area contributed by atoms with Crippen LogP contribution in [0, 0.1) is 19.7 Å². The first-order valence-corrected chi connectivity index (χ1v) is 12.8. The third-order valence-electron chi connectivity index (χ3n) is 5.66. The summed E-state index contributed by atoms with van der Waals surface area (Å²) in [6, 6.07) is 11.1. The Labute approximate surface area is 195 Å². The van der Waals surface area contributed by atoms with Crippen molar-refractivity contribution in [2.24, 2.45) is 0 Å². The van der Waals surface area contributed by atoms with E-state index in [1.807, 2.05) is 29.4 Å². The molecule has 3 heterocycles. The van der Waals surface area contributed by atoms with E-state index in [9.17, 15) is 17.6 Å². The van der Waals surface area contributed by atoms with Crippen LogP contribution in [0.25, 0.3) is 5.69 Å². The lowest BCUT2D eigenvalue weighted by Crippen LogP contribution is -2.49. The quantitative estimate of drug-likeness (QED) is 0.482. The number of hydrogen-bond acceptors (Lipinski definition) is 5. The third-order valence-corrected chi connectivity index (χ3v) is 9.25. The molecule has 0 spiro atoms. The summed E-state index contributed by atoms with van der Waals surface area (Å²) < 4.78 is 42.8. The van der Waals surface area contributed by atoms with Gasteiger partial charge in [-0.05, 0) is 56.3 Å². The zero-order valence-corrected chi connectivity index (χ0v) is 20.1. The number of nitrogens with zero attached hydrogens (tertiary/aromatic N) is 3. The van der Waals surface area contributed by atoms with Crippen molar-refractivity contribution in [1.82, 2.24) is 13.8 Å². The molecule has 10 heteroatoms. The molecule has 0 radical (unpaired) electrons. The van der Waals surface area contributed by atoms with Gasteiger partial charge in [0.1, 0.15) is 10.0 Å². The van der Waals surface area contributed by atoms with Crippen LogP contribution >= 0.6 is 22.9 Å². The van der Waals surface area contributed by atoms with Crippen molar-refractivity contribution >= 4 is 38.7 Å². The molecule has 0 bridgehead atoms. The highest BCUT2D eigenvalue weighted by Crippen LogP contribution is 2.29. The molecular weight excluding hydrogens is 473 g/mol. The van der Waals surface area contributed by atoms with Gasteiger partial charge < -0.3 is 4.57 Å². The summed E-state index contributed by atoms with van der Waals surface area (Å²) in [5.41, 5.74) is 3.11. The highest BCUT2D eigenvalue weighted by atomic mass is 35.5. The summed E-state index contributed by atoms with van der Waals surface area (Å²) in [6.07, 6.45) is 0. The molecule has 4 rings (SSSR count). The molecule has 0 saturated carbocycles. The van der Waals surface area contributed by atoms with Crippen molar-refractivity contribution in [2.75, 3.05) is 32.7 Å². The predicted molar refractivity (Wildman–Crippen MR) is 124 cm³/mol. The molecule has 0 N–H and O–H groups in total. The molecule has 1 aliphatic heterocycles. The van der Waals surface area contributed by atoms with Crippen molar-refractivity contribution in [3.05, 3.63) is 69.6 Å². The van der Waals surface area contributed by atoms with Crippen LogP contribution in [0.1, 0.15) is 21.7 Å². The van der Waals surface area contributed by atoms with Gasteiger partial charge in [0.2, 0.25) is 0 Å². The van der Waals surface area contributed by atoms with E-state index in [0.717, 1.165) is 28.4 Å². The second-order valence-corrected chi connectivity index (χ2v) is 11.6. The Morgan fingerprint density at radius 1 is 1.06 bits per heavy atom. The molecule has 1 aliphatic rings. The SMILES string of the molecule is Cc1cc(C(=O)CN2CCN(S(=O)(=O)c3ccc(Cl)s3)CC2)c(C)n1-c1ccc(F)cc1. The number of aromatic nitrogens is 1. The number of hydrogen-bond donors (Lipinski definition) is 0. The molecule has 3 aromatic rings. The number of thiophene rings is 1. The zero-order valence-electron chi connectivity index (χ0n) is 17.7. The summed E-state index contributed by atoms with van der Waals surface area (Å²) in [7, 11) is -3.56. The van der Waals surface area contributed by atoms with Crippen LogP contribution in [-0.4, -0.2) is 60.7 Å². The zero-order chi connectivity index (χ0) is 23.0. The maximum atomic E-state index is 13.3. The summed E-state index contributed by atoms with van der Waals surface area (Å²) in [5, 5.41) is 0. The van der Waals surface area contributed by atoms with E-state index in [-0.39, 0.29) is 22.4 Å². The number of halogens is 2. The molecule has 0 amide bonds.